The van der Waals surface area contributed by atoms with Crippen LogP contribution >= 0.6 is 0 Å². The smallest absolute Gasteiger partial charge is 0.121 e. The molecule has 0 saturated heterocycles. The summed E-state index contributed by atoms with van der Waals surface area (Å²) < 4.78 is 21.0. The summed E-state index contributed by atoms with van der Waals surface area (Å²) in [5.41, 5.74) is 7.43. The maximum absolute atomic E-state index is 5.76. The lowest BCUT2D eigenvalue weighted by atomic mass is 10.2. The van der Waals surface area contributed by atoms with Crippen molar-refractivity contribution in [3.8, 4) is 5.75 Å². The van der Waals surface area contributed by atoms with Gasteiger partial charge in [-0.1, -0.05) is 0 Å². The van der Waals surface area contributed by atoms with E-state index in [0.717, 1.165) is 24.3 Å². The third-order valence-electron chi connectivity index (χ3n) is 2.50. The lowest BCUT2D eigenvalue weighted by Crippen LogP contribution is -2.06. The fourth-order valence-electron chi connectivity index (χ4n) is 1.60. The van der Waals surface area contributed by atoms with Crippen molar-refractivity contribution in [3.63, 3.8) is 0 Å². The molecule has 1 rings (SSSR count). The number of anilines is 1. The zero-order chi connectivity index (χ0) is 13.9. The molecule has 0 fully saturated rings. The van der Waals surface area contributed by atoms with Gasteiger partial charge in [0.1, 0.15) is 5.75 Å². The summed E-state index contributed by atoms with van der Waals surface area (Å²) in [4.78, 5) is 0. The fraction of sp³-hybridized carbons (Fsp3) is 0.571. The Morgan fingerprint density at radius 2 is 1.74 bits per heavy atom. The fourth-order valence-corrected chi connectivity index (χ4v) is 1.60. The van der Waals surface area contributed by atoms with E-state index in [0.29, 0.717) is 32.1 Å². The molecular formula is C14H23NO4. The van der Waals surface area contributed by atoms with E-state index in [1.165, 1.54) is 0 Å². The first kappa shape index (κ1) is 15.8. The minimum Gasteiger partial charge on any atom is -0.497 e. The van der Waals surface area contributed by atoms with Crippen molar-refractivity contribution in [2.45, 2.75) is 13.0 Å². The normalized spacial score (nSPS) is 10.6. The molecule has 0 saturated carbocycles. The molecule has 0 bridgehead atoms. The van der Waals surface area contributed by atoms with Gasteiger partial charge in [0.15, 0.2) is 0 Å². The number of nitrogens with two attached hydrogens (primary N) is 1. The van der Waals surface area contributed by atoms with Crippen LogP contribution in [0.4, 0.5) is 5.69 Å². The van der Waals surface area contributed by atoms with Crippen molar-refractivity contribution < 1.29 is 18.9 Å². The molecule has 0 aliphatic carbocycles. The molecule has 0 amide bonds. The van der Waals surface area contributed by atoms with Crippen LogP contribution in [-0.2, 0) is 20.8 Å². The van der Waals surface area contributed by atoms with Gasteiger partial charge in [0.2, 0.25) is 0 Å². The Morgan fingerprint density at radius 3 is 2.47 bits per heavy atom. The molecule has 0 heterocycles. The van der Waals surface area contributed by atoms with Crippen molar-refractivity contribution in [1.82, 2.24) is 0 Å². The first-order chi connectivity index (χ1) is 9.26. The van der Waals surface area contributed by atoms with Gasteiger partial charge in [-0.2, -0.15) is 0 Å². The minimum absolute atomic E-state index is 0.503. The van der Waals surface area contributed by atoms with E-state index in [4.69, 9.17) is 24.7 Å². The number of ether oxygens (including phenoxy) is 4. The summed E-state index contributed by atoms with van der Waals surface area (Å²) in [6.45, 7) is 3.07. The quantitative estimate of drug-likeness (QED) is 0.519. The van der Waals surface area contributed by atoms with Crippen molar-refractivity contribution in [3.05, 3.63) is 23.8 Å². The molecule has 1 aromatic rings. The average molecular weight is 269 g/mol. The van der Waals surface area contributed by atoms with Gasteiger partial charge in [0.05, 0.1) is 26.9 Å². The van der Waals surface area contributed by atoms with Crippen LogP contribution in [0.5, 0.6) is 5.75 Å². The van der Waals surface area contributed by atoms with Gasteiger partial charge in [0, 0.05) is 32.1 Å². The topological polar surface area (TPSA) is 62.9 Å². The highest BCUT2D eigenvalue weighted by molar-refractivity contribution is 5.47. The van der Waals surface area contributed by atoms with Crippen molar-refractivity contribution in [2.24, 2.45) is 0 Å². The van der Waals surface area contributed by atoms with E-state index < -0.39 is 0 Å². The molecule has 0 aliphatic heterocycles. The Hall–Kier alpha value is -1.30. The Balaban J connectivity index is 2.13. The van der Waals surface area contributed by atoms with Crippen LogP contribution in [0.2, 0.25) is 0 Å². The molecule has 0 aromatic heterocycles. The van der Waals surface area contributed by atoms with Crippen molar-refractivity contribution in [1.29, 1.82) is 0 Å². The molecule has 0 radical (unpaired) electrons. The van der Waals surface area contributed by atoms with E-state index >= 15 is 0 Å². The molecule has 0 unspecified atom stereocenters. The summed E-state index contributed by atoms with van der Waals surface area (Å²) >= 11 is 0. The number of nitrogen functional groups attached to an aromatic ring is 1. The molecule has 1 aromatic carbocycles. The zero-order valence-electron chi connectivity index (χ0n) is 11.7. The molecule has 108 valence electrons. The number of benzene rings is 1. The van der Waals surface area contributed by atoms with Crippen LogP contribution in [0.1, 0.15) is 12.0 Å². The number of hydrogen-bond acceptors (Lipinski definition) is 5. The highest BCUT2D eigenvalue weighted by Gasteiger charge is 1.99. The standard InChI is InChI=1S/C14H23NO4/c1-16-4-3-5-18-6-7-19-11-12-8-13(15)10-14(9-12)17-2/h8-10H,3-7,11,15H2,1-2H3. The number of rotatable bonds is 10. The SMILES string of the molecule is COCCCOCCOCc1cc(N)cc(OC)c1. The second-order valence-electron chi connectivity index (χ2n) is 4.13. The predicted molar refractivity (Wildman–Crippen MR) is 74.4 cm³/mol. The van der Waals surface area contributed by atoms with Gasteiger partial charge in [-0.3, -0.25) is 0 Å². The Morgan fingerprint density at radius 1 is 0.947 bits per heavy atom. The van der Waals surface area contributed by atoms with Gasteiger partial charge in [0.25, 0.3) is 0 Å². The van der Waals surface area contributed by atoms with Crippen LogP contribution in [0, 0.1) is 0 Å². The summed E-state index contributed by atoms with van der Waals surface area (Å²) in [7, 11) is 3.30. The van der Waals surface area contributed by atoms with E-state index in [1.807, 2.05) is 12.1 Å². The molecule has 19 heavy (non-hydrogen) atoms. The zero-order valence-corrected chi connectivity index (χ0v) is 11.7. The van der Waals surface area contributed by atoms with Gasteiger partial charge in [-0.05, 0) is 24.1 Å². The van der Waals surface area contributed by atoms with Crippen LogP contribution in [0.3, 0.4) is 0 Å². The summed E-state index contributed by atoms with van der Waals surface area (Å²) in [6, 6.07) is 5.57. The summed E-state index contributed by atoms with van der Waals surface area (Å²) in [6.07, 6.45) is 0.906. The second kappa shape index (κ2) is 9.61. The maximum Gasteiger partial charge on any atom is 0.121 e. The maximum atomic E-state index is 5.76. The average Bonchev–Trinajstić information content (AvgIpc) is 2.41. The summed E-state index contributed by atoms with van der Waals surface area (Å²) in [5, 5.41) is 0. The first-order valence-corrected chi connectivity index (χ1v) is 6.34. The van der Waals surface area contributed by atoms with Gasteiger partial charge in [-0.25, -0.2) is 0 Å². The Bertz CT molecular complexity index is 357. The van der Waals surface area contributed by atoms with Crippen molar-refractivity contribution >= 4 is 5.69 Å². The monoisotopic (exact) mass is 269 g/mol. The molecule has 5 heteroatoms. The second-order valence-corrected chi connectivity index (χ2v) is 4.13. The minimum atomic E-state index is 0.503. The molecule has 5 nitrogen and oxygen atoms in total. The predicted octanol–water partition coefficient (Wildman–Crippen LogP) is 1.85. The van der Waals surface area contributed by atoms with E-state index in [9.17, 15) is 0 Å². The van der Waals surface area contributed by atoms with E-state index in [2.05, 4.69) is 0 Å². The number of methoxy groups -OCH3 is 2. The summed E-state index contributed by atoms with van der Waals surface area (Å²) in [5.74, 6) is 0.745. The van der Waals surface area contributed by atoms with Crippen LogP contribution in [0.25, 0.3) is 0 Å². The first-order valence-electron chi connectivity index (χ1n) is 6.34. The van der Waals surface area contributed by atoms with Gasteiger partial charge in [-0.15, -0.1) is 0 Å². The van der Waals surface area contributed by atoms with E-state index in [1.54, 1.807) is 20.3 Å². The van der Waals surface area contributed by atoms with Crippen molar-refractivity contribution in [2.75, 3.05) is 46.4 Å². The van der Waals surface area contributed by atoms with Crippen LogP contribution < -0.4 is 10.5 Å². The Kier molecular flexibility index (Phi) is 7.97. The molecule has 2 N–H and O–H groups in total. The third kappa shape index (κ3) is 7.00. The molecule has 0 aliphatic rings. The highest BCUT2D eigenvalue weighted by atomic mass is 16.5. The molecular weight excluding hydrogens is 246 g/mol. The van der Waals surface area contributed by atoms with Crippen LogP contribution in [-0.4, -0.2) is 40.6 Å². The highest BCUT2D eigenvalue weighted by Crippen LogP contribution is 2.18. The van der Waals surface area contributed by atoms with Gasteiger partial charge < -0.3 is 24.7 Å². The van der Waals surface area contributed by atoms with Gasteiger partial charge >= 0.3 is 0 Å². The largest absolute Gasteiger partial charge is 0.497 e. The lowest BCUT2D eigenvalue weighted by molar-refractivity contribution is 0.0336. The molecule has 0 atom stereocenters. The lowest BCUT2D eigenvalue weighted by Gasteiger charge is -2.08. The van der Waals surface area contributed by atoms with Crippen LogP contribution in [0.15, 0.2) is 18.2 Å². The molecule has 0 spiro atoms. The third-order valence-corrected chi connectivity index (χ3v) is 2.50. The Labute approximate surface area is 114 Å². The van der Waals surface area contributed by atoms with E-state index in [-0.39, 0.29) is 0 Å². The number of hydrogen-bond donors (Lipinski definition) is 1.